The number of hydrogen-bond acceptors (Lipinski definition) is 6. The minimum atomic E-state index is -0.480. The van der Waals surface area contributed by atoms with Crippen LogP contribution in [0, 0.1) is 16.7 Å². The predicted molar refractivity (Wildman–Crippen MR) is 58.5 cm³/mol. The van der Waals surface area contributed by atoms with Crippen molar-refractivity contribution in [2.75, 3.05) is 34.0 Å². The summed E-state index contributed by atoms with van der Waals surface area (Å²) in [6, 6.07) is 2.25. The summed E-state index contributed by atoms with van der Waals surface area (Å²) in [5, 5.41) is 8.99. The van der Waals surface area contributed by atoms with E-state index in [2.05, 4.69) is 17.8 Å². The van der Waals surface area contributed by atoms with Crippen LogP contribution >= 0.6 is 0 Å². The Labute approximate surface area is 91.3 Å². The smallest absolute Gasteiger partial charge is 0.0739 e. The lowest BCUT2D eigenvalue weighted by Gasteiger charge is -2.23. The summed E-state index contributed by atoms with van der Waals surface area (Å²) in [5.74, 6) is 8.00. The maximum Gasteiger partial charge on any atom is 0.0739 e. The SMILES string of the molecule is COCCC(C#N)(CN)CCOC.NN. The molecule has 6 nitrogen and oxygen atoms in total. The molecular formula is C9H22N4O2. The molecule has 0 fully saturated rings. The summed E-state index contributed by atoms with van der Waals surface area (Å²) < 4.78 is 9.87. The number of hydrogen-bond donors (Lipinski definition) is 3. The summed E-state index contributed by atoms with van der Waals surface area (Å²) in [6.07, 6.45) is 1.33. The van der Waals surface area contributed by atoms with Crippen LogP contribution in [0.5, 0.6) is 0 Å². The zero-order chi connectivity index (χ0) is 12.2. The lowest BCUT2D eigenvalue weighted by atomic mass is 9.83. The third-order valence-electron chi connectivity index (χ3n) is 2.20. The Balaban J connectivity index is 0. The highest BCUT2D eigenvalue weighted by Gasteiger charge is 2.27. The van der Waals surface area contributed by atoms with Gasteiger partial charge in [0.1, 0.15) is 0 Å². The summed E-state index contributed by atoms with van der Waals surface area (Å²) in [4.78, 5) is 0. The first-order valence-electron chi connectivity index (χ1n) is 4.67. The Morgan fingerprint density at radius 1 is 1.13 bits per heavy atom. The van der Waals surface area contributed by atoms with Crippen LogP contribution in [0.4, 0.5) is 0 Å². The molecule has 0 spiro atoms. The number of hydrazine groups is 1. The van der Waals surface area contributed by atoms with Crippen LogP contribution in [-0.2, 0) is 9.47 Å². The summed E-state index contributed by atoms with van der Waals surface area (Å²) in [6.45, 7) is 1.49. The first-order chi connectivity index (χ1) is 7.24. The monoisotopic (exact) mass is 218 g/mol. The van der Waals surface area contributed by atoms with Gasteiger partial charge in [0.25, 0.3) is 0 Å². The van der Waals surface area contributed by atoms with Gasteiger partial charge in [0, 0.05) is 34.0 Å². The van der Waals surface area contributed by atoms with Crippen LogP contribution in [0.1, 0.15) is 12.8 Å². The van der Waals surface area contributed by atoms with Crippen molar-refractivity contribution in [1.29, 1.82) is 5.26 Å². The molecule has 0 saturated heterocycles. The van der Waals surface area contributed by atoms with Gasteiger partial charge in [-0.15, -0.1) is 0 Å². The molecule has 0 aromatic carbocycles. The topological polar surface area (TPSA) is 120 Å². The number of nitriles is 1. The number of nitrogens with two attached hydrogens (primary N) is 3. The van der Waals surface area contributed by atoms with E-state index < -0.39 is 5.41 Å². The Morgan fingerprint density at radius 3 is 1.73 bits per heavy atom. The minimum absolute atomic E-state index is 0.357. The molecule has 0 aliphatic carbocycles. The number of nitrogens with zero attached hydrogens (tertiary/aromatic N) is 1. The van der Waals surface area contributed by atoms with Crippen LogP contribution in [-0.4, -0.2) is 34.0 Å². The molecular weight excluding hydrogens is 196 g/mol. The van der Waals surface area contributed by atoms with Gasteiger partial charge in [0.2, 0.25) is 0 Å². The van der Waals surface area contributed by atoms with E-state index in [0.717, 1.165) is 0 Å². The summed E-state index contributed by atoms with van der Waals surface area (Å²) >= 11 is 0. The second-order valence-electron chi connectivity index (χ2n) is 3.08. The Kier molecular flexibility index (Phi) is 12.7. The van der Waals surface area contributed by atoms with E-state index in [1.54, 1.807) is 14.2 Å². The van der Waals surface area contributed by atoms with Crippen LogP contribution in [0.15, 0.2) is 0 Å². The van der Waals surface area contributed by atoms with Gasteiger partial charge in [-0.2, -0.15) is 5.26 Å². The average Bonchev–Trinajstić information content (AvgIpc) is 2.33. The molecule has 0 bridgehead atoms. The Bertz CT molecular complexity index is 162. The van der Waals surface area contributed by atoms with Gasteiger partial charge in [-0.3, -0.25) is 11.7 Å². The Hall–Kier alpha value is -0.710. The van der Waals surface area contributed by atoms with Crippen molar-refractivity contribution in [2.45, 2.75) is 12.8 Å². The highest BCUT2D eigenvalue weighted by molar-refractivity contribution is 4.99. The van der Waals surface area contributed by atoms with Crippen LogP contribution in [0.25, 0.3) is 0 Å². The van der Waals surface area contributed by atoms with Crippen molar-refractivity contribution in [3.05, 3.63) is 0 Å². The predicted octanol–water partition coefficient (Wildman–Crippen LogP) is -0.653. The molecule has 0 aliphatic heterocycles. The summed E-state index contributed by atoms with van der Waals surface area (Å²) in [5.41, 5.74) is 5.09. The van der Waals surface area contributed by atoms with Crippen molar-refractivity contribution < 1.29 is 9.47 Å². The maximum absolute atomic E-state index is 8.99. The second kappa shape index (κ2) is 11.4. The minimum Gasteiger partial charge on any atom is -0.385 e. The average molecular weight is 218 g/mol. The largest absolute Gasteiger partial charge is 0.385 e. The van der Waals surface area contributed by atoms with Crippen molar-refractivity contribution in [2.24, 2.45) is 22.8 Å². The van der Waals surface area contributed by atoms with E-state index in [4.69, 9.17) is 20.5 Å². The van der Waals surface area contributed by atoms with Gasteiger partial charge in [-0.1, -0.05) is 0 Å². The zero-order valence-electron chi connectivity index (χ0n) is 9.53. The molecule has 6 N–H and O–H groups in total. The zero-order valence-corrected chi connectivity index (χ0v) is 9.53. The van der Waals surface area contributed by atoms with Crippen molar-refractivity contribution in [1.82, 2.24) is 0 Å². The van der Waals surface area contributed by atoms with Crippen LogP contribution in [0.2, 0.25) is 0 Å². The molecule has 0 amide bonds. The van der Waals surface area contributed by atoms with E-state index in [0.29, 0.717) is 32.6 Å². The first kappa shape index (κ1) is 16.7. The highest BCUT2D eigenvalue weighted by atomic mass is 16.5. The van der Waals surface area contributed by atoms with E-state index >= 15 is 0 Å². The van der Waals surface area contributed by atoms with Gasteiger partial charge < -0.3 is 15.2 Å². The Morgan fingerprint density at radius 2 is 1.53 bits per heavy atom. The van der Waals surface area contributed by atoms with Gasteiger partial charge >= 0.3 is 0 Å². The molecule has 90 valence electrons. The molecule has 0 heterocycles. The molecule has 6 heteroatoms. The molecule has 0 atom stereocenters. The van der Waals surface area contributed by atoms with Gasteiger partial charge in [0.05, 0.1) is 11.5 Å². The number of ether oxygens (including phenoxy) is 2. The van der Waals surface area contributed by atoms with E-state index in [1.807, 2.05) is 0 Å². The third-order valence-corrected chi connectivity index (χ3v) is 2.20. The standard InChI is InChI=1S/C9H18N2O2.H4N2/c1-12-5-3-9(7-10,8-11)4-6-13-2;1-2/h3-7,10H2,1-2H3;1-2H2. The first-order valence-corrected chi connectivity index (χ1v) is 4.67. The molecule has 0 radical (unpaired) electrons. The fourth-order valence-electron chi connectivity index (χ4n) is 1.08. The fraction of sp³-hybridized carbons (Fsp3) is 0.889. The quantitative estimate of drug-likeness (QED) is 0.385. The molecule has 0 aliphatic rings. The maximum atomic E-state index is 8.99. The second-order valence-corrected chi connectivity index (χ2v) is 3.08. The van der Waals surface area contributed by atoms with E-state index in [-0.39, 0.29) is 0 Å². The molecule has 0 aromatic rings. The molecule has 0 unspecified atom stereocenters. The van der Waals surface area contributed by atoms with Crippen LogP contribution in [0.3, 0.4) is 0 Å². The summed E-state index contributed by atoms with van der Waals surface area (Å²) in [7, 11) is 3.24. The van der Waals surface area contributed by atoms with Crippen LogP contribution < -0.4 is 17.4 Å². The third kappa shape index (κ3) is 7.25. The molecule has 0 rings (SSSR count). The number of rotatable bonds is 7. The number of methoxy groups -OCH3 is 2. The van der Waals surface area contributed by atoms with E-state index in [9.17, 15) is 0 Å². The van der Waals surface area contributed by atoms with Crippen molar-refractivity contribution in [3.8, 4) is 6.07 Å². The highest BCUT2D eigenvalue weighted by Crippen LogP contribution is 2.24. The van der Waals surface area contributed by atoms with E-state index in [1.165, 1.54) is 0 Å². The molecule has 0 aromatic heterocycles. The van der Waals surface area contributed by atoms with Crippen molar-refractivity contribution in [3.63, 3.8) is 0 Å². The van der Waals surface area contributed by atoms with Gasteiger partial charge in [-0.25, -0.2) is 0 Å². The lowest BCUT2D eigenvalue weighted by Crippen LogP contribution is -2.31. The normalized spacial score (nSPS) is 10.1. The lowest BCUT2D eigenvalue weighted by molar-refractivity contribution is 0.125. The molecule has 15 heavy (non-hydrogen) atoms. The van der Waals surface area contributed by atoms with Gasteiger partial charge in [0.15, 0.2) is 0 Å². The van der Waals surface area contributed by atoms with Gasteiger partial charge in [-0.05, 0) is 12.8 Å². The molecule has 0 saturated carbocycles. The van der Waals surface area contributed by atoms with Crippen molar-refractivity contribution >= 4 is 0 Å². The fourth-order valence-corrected chi connectivity index (χ4v) is 1.08.